The van der Waals surface area contributed by atoms with Crippen LogP contribution in [0.5, 0.6) is 0 Å². The summed E-state index contributed by atoms with van der Waals surface area (Å²) in [7, 11) is 0. The third-order valence-electron chi connectivity index (χ3n) is 4.18. The number of carbonyl (C=O) groups excluding carboxylic acids is 2. The molecule has 150 valence electrons. The molecule has 0 fully saturated rings. The minimum atomic E-state index is -0.575. The van der Waals surface area contributed by atoms with Crippen LogP contribution in [-0.2, 0) is 9.53 Å². The lowest BCUT2D eigenvalue weighted by Crippen LogP contribution is -2.27. The monoisotopic (exact) mass is 388 g/mol. The van der Waals surface area contributed by atoms with E-state index in [2.05, 4.69) is 11.8 Å². The average Bonchev–Trinajstić information content (AvgIpc) is 2.72. The number of hydrogen-bond donors (Lipinski definition) is 0. The van der Waals surface area contributed by atoms with Gasteiger partial charge >= 0.3 is 5.97 Å². The van der Waals surface area contributed by atoms with Gasteiger partial charge in [-0.1, -0.05) is 66.4 Å². The Morgan fingerprint density at radius 2 is 1.62 bits per heavy atom. The molecular formula is C26H28O3. The van der Waals surface area contributed by atoms with Gasteiger partial charge in [0.15, 0.2) is 11.9 Å². The van der Waals surface area contributed by atoms with Gasteiger partial charge in [0.2, 0.25) is 0 Å². The molecule has 0 aliphatic carbocycles. The molecule has 0 aliphatic rings. The van der Waals surface area contributed by atoms with Gasteiger partial charge in [-0.2, -0.15) is 0 Å². The molecule has 0 saturated carbocycles. The predicted molar refractivity (Wildman–Crippen MR) is 116 cm³/mol. The number of ether oxygens (including phenoxy) is 1. The van der Waals surface area contributed by atoms with Crippen LogP contribution in [0.2, 0.25) is 0 Å². The summed E-state index contributed by atoms with van der Waals surface area (Å²) in [4.78, 5) is 24.4. The summed E-state index contributed by atoms with van der Waals surface area (Å²) >= 11 is 0. The van der Waals surface area contributed by atoms with Gasteiger partial charge in [-0.05, 0) is 58.2 Å². The first-order valence-electron chi connectivity index (χ1n) is 9.90. The van der Waals surface area contributed by atoms with Crippen LogP contribution in [0.4, 0.5) is 0 Å². The van der Waals surface area contributed by atoms with Crippen molar-refractivity contribution in [1.29, 1.82) is 0 Å². The summed E-state index contributed by atoms with van der Waals surface area (Å²) in [6.07, 6.45) is 5.09. The van der Waals surface area contributed by atoms with E-state index in [1.807, 2.05) is 75.4 Å². The van der Waals surface area contributed by atoms with Gasteiger partial charge in [0.1, 0.15) is 0 Å². The summed E-state index contributed by atoms with van der Waals surface area (Å²) in [5.74, 6) is 5.89. The molecule has 1 atom stereocenters. The minimum Gasteiger partial charge on any atom is -0.449 e. The van der Waals surface area contributed by atoms with E-state index in [1.165, 1.54) is 0 Å². The number of hydrogen-bond acceptors (Lipinski definition) is 3. The predicted octanol–water partition coefficient (Wildman–Crippen LogP) is 5.61. The standard InChI is InChI=1S/C26H28O3/c1-26(2,3)25(28)29-23(20-19-21-13-7-4-8-14-21)17-11-6-12-18-24(27)22-15-9-5-10-16-22/h4-5,7-10,12-16,18,23H,6,11,17H2,1-3H3/b18-12+. The molecule has 0 heterocycles. The van der Waals surface area contributed by atoms with Crippen molar-refractivity contribution in [1.82, 2.24) is 0 Å². The smallest absolute Gasteiger partial charge is 0.312 e. The lowest BCUT2D eigenvalue weighted by atomic mass is 9.97. The van der Waals surface area contributed by atoms with E-state index in [1.54, 1.807) is 18.2 Å². The highest BCUT2D eigenvalue weighted by Gasteiger charge is 2.25. The Balaban J connectivity index is 1.93. The molecule has 3 nitrogen and oxygen atoms in total. The molecule has 2 aromatic rings. The van der Waals surface area contributed by atoms with Gasteiger partial charge in [0.05, 0.1) is 5.41 Å². The highest BCUT2D eigenvalue weighted by atomic mass is 16.5. The Labute approximate surface area is 173 Å². The third kappa shape index (κ3) is 8.19. The molecule has 29 heavy (non-hydrogen) atoms. The SMILES string of the molecule is CC(C)(C)C(=O)OC(C#Cc1ccccc1)CCC/C=C/C(=O)c1ccccc1. The van der Waals surface area contributed by atoms with Crippen molar-refractivity contribution in [3.63, 3.8) is 0 Å². The molecular weight excluding hydrogens is 360 g/mol. The number of ketones is 1. The molecule has 0 radical (unpaired) electrons. The van der Waals surface area contributed by atoms with Crippen molar-refractivity contribution in [2.24, 2.45) is 5.41 Å². The fourth-order valence-electron chi connectivity index (χ4n) is 2.46. The van der Waals surface area contributed by atoms with Gasteiger partial charge in [0.25, 0.3) is 0 Å². The molecule has 2 rings (SSSR count). The van der Waals surface area contributed by atoms with Gasteiger partial charge < -0.3 is 4.74 Å². The van der Waals surface area contributed by atoms with Crippen LogP contribution >= 0.6 is 0 Å². The van der Waals surface area contributed by atoms with E-state index in [0.29, 0.717) is 12.0 Å². The zero-order valence-electron chi connectivity index (χ0n) is 17.4. The molecule has 0 spiro atoms. The van der Waals surface area contributed by atoms with Crippen molar-refractivity contribution < 1.29 is 14.3 Å². The van der Waals surface area contributed by atoms with Gasteiger partial charge in [-0.25, -0.2) is 0 Å². The highest BCUT2D eigenvalue weighted by Crippen LogP contribution is 2.18. The molecule has 1 unspecified atom stereocenters. The molecule has 0 bridgehead atoms. The molecule has 0 amide bonds. The number of carbonyl (C=O) groups is 2. The average molecular weight is 389 g/mol. The second-order valence-electron chi connectivity index (χ2n) is 7.84. The Hall–Kier alpha value is -3.12. The van der Waals surface area contributed by atoms with Crippen LogP contribution < -0.4 is 0 Å². The Kier molecular flexibility index (Phi) is 8.43. The molecule has 0 saturated heterocycles. The van der Waals surface area contributed by atoms with Gasteiger partial charge in [0, 0.05) is 11.1 Å². The Bertz CT molecular complexity index is 878. The van der Waals surface area contributed by atoms with Crippen LogP contribution in [-0.4, -0.2) is 17.9 Å². The highest BCUT2D eigenvalue weighted by molar-refractivity contribution is 6.04. The van der Waals surface area contributed by atoms with E-state index in [9.17, 15) is 9.59 Å². The summed E-state index contributed by atoms with van der Waals surface area (Å²) in [5, 5.41) is 0. The fraction of sp³-hybridized carbons (Fsp3) is 0.308. The second-order valence-corrected chi connectivity index (χ2v) is 7.84. The Morgan fingerprint density at radius 1 is 1.00 bits per heavy atom. The van der Waals surface area contributed by atoms with E-state index in [-0.39, 0.29) is 11.8 Å². The minimum absolute atomic E-state index is 0.00909. The summed E-state index contributed by atoms with van der Waals surface area (Å²) < 4.78 is 5.63. The van der Waals surface area contributed by atoms with E-state index < -0.39 is 11.5 Å². The molecule has 3 heteroatoms. The maximum absolute atomic E-state index is 12.3. The zero-order valence-corrected chi connectivity index (χ0v) is 17.4. The lowest BCUT2D eigenvalue weighted by Gasteiger charge is -2.20. The summed E-state index contributed by atoms with van der Waals surface area (Å²) in [6.45, 7) is 5.48. The van der Waals surface area contributed by atoms with Crippen molar-refractivity contribution in [3.8, 4) is 11.8 Å². The van der Waals surface area contributed by atoms with Crippen LogP contribution in [0.3, 0.4) is 0 Å². The summed E-state index contributed by atoms with van der Waals surface area (Å²) in [6, 6.07) is 18.8. The second kappa shape index (κ2) is 11.0. The number of rotatable bonds is 7. The van der Waals surface area contributed by atoms with E-state index in [4.69, 9.17) is 4.74 Å². The normalized spacial score (nSPS) is 12.1. The van der Waals surface area contributed by atoms with Crippen LogP contribution in [0.1, 0.15) is 56.0 Å². The largest absolute Gasteiger partial charge is 0.449 e. The van der Waals surface area contributed by atoms with Crippen molar-refractivity contribution >= 4 is 11.8 Å². The first kappa shape index (κ1) is 22.2. The molecule has 0 aromatic heterocycles. The first-order valence-corrected chi connectivity index (χ1v) is 9.90. The quantitative estimate of drug-likeness (QED) is 0.204. The van der Waals surface area contributed by atoms with Gasteiger partial charge in [-0.15, -0.1) is 0 Å². The van der Waals surface area contributed by atoms with Crippen LogP contribution in [0.15, 0.2) is 72.8 Å². The van der Waals surface area contributed by atoms with Crippen molar-refractivity contribution in [2.45, 2.75) is 46.1 Å². The fourth-order valence-corrected chi connectivity index (χ4v) is 2.46. The van der Waals surface area contributed by atoms with Crippen molar-refractivity contribution in [3.05, 3.63) is 83.9 Å². The molecule has 0 N–H and O–H groups in total. The van der Waals surface area contributed by atoms with Crippen LogP contribution in [0.25, 0.3) is 0 Å². The van der Waals surface area contributed by atoms with E-state index >= 15 is 0 Å². The first-order chi connectivity index (χ1) is 13.9. The Morgan fingerprint density at radius 3 is 2.24 bits per heavy atom. The molecule has 2 aromatic carbocycles. The lowest BCUT2D eigenvalue weighted by molar-refractivity contribution is -0.156. The topological polar surface area (TPSA) is 43.4 Å². The third-order valence-corrected chi connectivity index (χ3v) is 4.18. The molecule has 0 aliphatic heterocycles. The van der Waals surface area contributed by atoms with Gasteiger partial charge in [-0.3, -0.25) is 9.59 Å². The van der Waals surface area contributed by atoms with Crippen LogP contribution in [0, 0.1) is 17.3 Å². The number of esters is 1. The summed E-state index contributed by atoms with van der Waals surface area (Å²) in [5.41, 5.74) is 0.987. The maximum atomic E-state index is 12.3. The number of allylic oxidation sites excluding steroid dienone is 2. The number of benzene rings is 2. The number of unbranched alkanes of at least 4 members (excludes halogenated alkanes) is 1. The zero-order chi connectivity index (χ0) is 21.1. The van der Waals surface area contributed by atoms with Crippen molar-refractivity contribution in [2.75, 3.05) is 0 Å². The van der Waals surface area contributed by atoms with E-state index in [0.717, 1.165) is 18.4 Å². The maximum Gasteiger partial charge on any atom is 0.312 e.